The van der Waals surface area contributed by atoms with Crippen LogP contribution in [-0.4, -0.2) is 30.7 Å². The Balaban J connectivity index is 3.32. The minimum absolute atomic E-state index is 0.107. The molecule has 0 atom stereocenters. The van der Waals surface area contributed by atoms with Crippen LogP contribution in [0.4, 0.5) is 0 Å². The molecule has 0 spiro atoms. The molecule has 0 aliphatic carbocycles. The Morgan fingerprint density at radius 3 is 2.32 bits per heavy atom. The van der Waals surface area contributed by atoms with Crippen molar-refractivity contribution < 1.29 is 14.3 Å². The van der Waals surface area contributed by atoms with Gasteiger partial charge in [0.25, 0.3) is 0 Å². The predicted molar refractivity (Wildman–Crippen MR) is 96.3 cm³/mol. The van der Waals surface area contributed by atoms with E-state index in [9.17, 15) is 4.79 Å². The zero-order chi connectivity index (χ0) is 16.5. The molecule has 0 aromatic heterocycles. The molecule has 0 amide bonds. The Morgan fingerprint density at radius 2 is 1.59 bits per heavy atom. The van der Waals surface area contributed by atoms with Crippen LogP contribution in [0.2, 0.25) is 0 Å². The highest BCUT2D eigenvalue weighted by atomic mass is 32.2. The van der Waals surface area contributed by atoms with Crippen molar-refractivity contribution >= 4 is 17.7 Å². The van der Waals surface area contributed by atoms with E-state index in [0.29, 0.717) is 19.6 Å². The lowest BCUT2D eigenvalue weighted by molar-refractivity contribution is -0.144. The summed E-state index contributed by atoms with van der Waals surface area (Å²) >= 11 is 1.93. The van der Waals surface area contributed by atoms with Crippen LogP contribution in [0.15, 0.2) is 12.3 Å². The molecule has 0 saturated heterocycles. The van der Waals surface area contributed by atoms with E-state index < -0.39 is 0 Å². The van der Waals surface area contributed by atoms with Crippen LogP contribution >= 0.6 is 11.8 Å². The monoisotopic (exact) mass is 330 g/mol. The normalized spacial score (nSPS) is 10.5. The molecule has 0 N–H and O–H groups in total. The van der Waals surface area contributed by atoms with Crippen molar-refractivity contribution in [3.63, 3.8) is 0 Å². The number of allylic oxidation sites excluding steroid dienone is 1. The van der Waals surface area contributed by atoms with Crippen molar-refractivity contribution in [3.8, 4) is 0 Å². The van der Waals surface area contributed by atoms with Crippen molar-refractivity contribution in [1.82, 2.24) is 0 Å². The molecule has 130 valence electrons. The summed E-state index contributed by atoms with van der Waals surface area (Å²) in [5, 5.41) is 0. The number of rotatable bonds is 16. The first-order valence-electron chi connectivity index (χ1n) is 8.74. The maximum atomic E-state index is 11.5. The zero-order valence-corrected chi connectivity index (χ0v) is 15.3. The van der Waals surface area contributed by atoms with Crippen LogP contribution in [-0.2, 0) is 14.3 Å². The number of thioether (sulfide) groups is 1. The van der Waals surface area contributed by atoms with Crippen LogP contribution in [0.3, 0.4) is 0 Å². The van der Waals surface area contributed by atoms with Crippen LogP contribution in [0.1, 0.15) is 71.6 Å². The van der Waals surface area contributed by atoms with Gasteiger partial charge in [0.1, 0.15) is 13.2 Å². The van der Waals surface area contributed by atoms with Crippen molar-refractivity contribution in [2.45, 2.75) is 71.6 Å². The number of unbranched alkanes of at least 4 members (excludes halogenated alkanes) is 5. The molecule has 0 fully saturated rings. The Morgan fingerprint density at radius 1 is 0.909 bits per heavy atom. The van der Waals surface area contributed by atoms with Gasteiger partial charge in [-0.2, -0.15) is 11.8 Å². The number of esters is 1. The molecule has 0 aromatic rings. The molecular formula is C18H34O3S. The lowest BCUT2D eigenvalue weighted by Gasteiger charge is -2.09. The van der Waals surface area contributed by atoms with Gasteiger partial charge in [-0.1, -0.05) is 52.5 Å². The van der Waals surface area contributed by atoms with Crippen molar-refractivity contribution in [2.75, 3.05) is 24.7 Å². The third-order valence-electron chi connectivity index (χ3n) is 3.34. The first-order valence-corrected chi connectivity index (χ1v) is 9.90. The summed E-state index contributed by atoms with van der Waals surface area (Å²) in [6.45, 7) is 9.00. The third kappa shape index (κ3) is 15.7. The van der Waals surface area contributed by atoms with E-state index in [4.69, 9.17) is 9.47 Å². The molecule has 22 heavy (non-hydrogen) atoms. The van der Waals surface area contributed by atoms with E-state index in [-0.39, 0.29) is 5.97 Å². The number of carbonyl (C=O) groups excluding carboxylic acids is 1. The third-order valence-corrected chi connectivity index (χ3v) is 4.32. The Labute approximate surface area is 141 Å². The number of hydrogen-bond acceptors (Lipinski definition) is 4. The zero-order valence-electron chi connectivity index (χ0n) is 14.5. The molecule has 0 radical (unpaired) electrons. The quantitative estimate of drug-likeness (QED) is 0.217. The highest BCUT2D eigenvalue weighted by Gasteiger charge is 2.03. The molecule has 0 aliphatic rings. The summed E-state index contributed by atoms with van der Waals surface area (Å²) in [5.41, 5.74) is 0. The summed E-state index contributed by atoms with van der Waals surface area (Å²) < 4.78 is 10.6. The Kier molecular flexibility index (Phi) is 16.2. The van der Waals surface area contributed by atoms with E-state index in [1.807, 2.05) is 11.8 Å². The molecule has 0 rings (SSSR count). The van der Waals surface area contributed by atoms with Crippen molar-refractivity contribution in [2.24, 2.45) is 0 Å². The average Bonchev–Trinajstić information content (AvgIpc) is 2.51. The smallest absolute Gasteiger partial charge is 0.305 e. The first kappa shape index (κ1) is 21.4. The van der Waals surface area contributed by atoms with Crippen LogP contribution in [0.5, 0.6) is 0 Å². The second-order valence-corrected chi connectivity index (χ2v) is 6.82. The second kappa shape index (κ2) is 16.7. The van der Waals surface area contributed by atoms with Crippen LogP contribution in [0.25, 0.3) is 0 Å². The topological polar surface area (TPSA) is 35.5 Å². The molecular weight excluding hydrogens is 296 g/mol. The molecule has 0 bridgehead atoms. The fourth-order valence-electron chi connectivity index (χ4n) is 2.05. The minimum Gasteiger partial charge on any atom is -0.495 e. The van der Waals surface area contributed by atoms with Crippen LogP contribution in [0, 0.1) is 0 Å². The van der Waals surface area contributed by atoms with Crippen LogP contribution < -0.4 is 0 Å². The fraction of sp³-hybridized carbons (Fsp3) is 0.833. The van der Waals surface area contributed by atoms with E-state index in [0.717, 1.165) is 42.9 Å². The molecule has 0 aromatic carbocycles. The molecule has 4 heteroatoms. The Bertz CT molecular complexity index is 280. The van der Waals surface area contributed by atoms with E-state index >= 15 is 0 Å². The van der Waals surface area contributed by atoms with Crippen molar-refractivity contribution in [1.29, 1.82) is 0 Å². The van der Waals surface area contributed by atoms with E-state index in [1.165, 1.54) is 25.7 Å². The molecule has 0 unspecified atom stereocenters. The van der Waals surface area contributed by atoms with E-state index in [1.54, 1.807) is 0 Å². The van der Waals surface area contributed by atoms with Gasteiger partial charge in [0.05, 0.1) is 5.76 Å². The average molecular weight is 331 g/mol. The van der Waals surface area contributed by atoms with Gasteiger partial charge in [-0.3, -0.25) is 4.79 Å². The van der Waals surface area contributed by atoms with Gasteiger partial charge in [-0.15, -0.1) is 0 Å². The fourth-order valence-corrected chi connectivity index (χ4v) is 2.69. The highest BCUT2D eigenvalue weighted by Crippen LogP contribution is 2.10. The lowest BCUT2D eigenvalue weighted by atomic mass is 10.1. The molecule has 3 nitrogen and oxygen atoms in total. The summed E-state index contributed by atoms with van der Waals surface area (Å²) in [5.74, 6) is 2.99. The van der Waals surface area contributed by atoms with Gasteiger partial charge in [0.2, 0.25) is 0 Å². The SMILES string of the molecule is C=C(CCCSCC)OCCOC(=O)CCCCCCCC. The van der Waals surface area contributed by atoms with Gasteiger partial charge >= 0.3 is 5.97 Å². The van der Waals surface area contributed by atoms with Gasteiger partial charge in [-0.25, -0.2) is 0 Å². The maximum absolute atomic E-state index is 11.5. The molecule has 0 saturated carbocycles. The Hall–Kier alpha value is -0.640. The van der Waals surface area contributed by atoms with Gasteiger partial charge in [-0.05, 0) is 24.3 Å². The standard InChI is InChI=1S/C18H34O3S/c1-4-6-7-8-9-10-13-18(19)21-15-14-20-17(3)12-11-16-22-5-2/h3-16H2,1-2H3. The summed E-state index contributed by atoms with van der Waals surface area (Å²) in [6, 6.07) is 0. The van der Waals surface area contributed by atoms with Crippen molar-refractivity contribution in [3.05, 3.63) is 12.3 Å². The number of carbonyl (C=O) groups is 1. The largest absolute Gasteiger partial charge is 0.495 e. The first-order chi connectivity index (χ1) is 10.7. The van der Waals surface area contributed by atoms with Gasteiger partial charge in [0, 0.05) is 12.8 Å². The maximum Gasteiger partial charge on any atom is 0.305 e. The van der Waals surface area contributed by atoms with E-state index in [2.05, 4.69) is 20.4 Å². The summed E-state index contributed by atoms with van der Waals surface area (Å²) in [4.78, 5) is 11.5. The van der Waals surface area contributed by atoms with Gasteiger partial charge in [0.15, 0.2) is 0 Å². The summed E-state index contributed by atoms with van der Waals surface area (Å²) in [7, 11) is 0. The lowest BCUT2D eigenvalue weighted by Crippen LogP contribution is -2.10. The van der Waals surface area contributed by atoms with Gasteiger partial charge < -0.3 is 9.47 Å². The molecule has 0 aliphatic heterocycles. The number of ether oxygens (including phenoxy) is 2. The second-order valence-electron chi connectivity index (χ2n) is 5.43. The highest BCUT2D eigenvalue weighted by molar-refractivity contribution is 7.99. The minimum atomic E-state index is -0.107. The predicted octanol–water partition coefficient (Wildman–Crippen LogP) is 5.34. The summed E-state index contributed by atoms with van der Waals surface area (Å²) in [6.07, 6.45) is 9.62. The number of hydrogen-bond donors (Lipinski definition) is 0. The molecule has 0 heterocycles.